The molecule has 162 valence electrons. The van der Waals surface area contributed by atoms with E-state index in [2.05, 4.69) is 10.4 Å². The van der Waals surface area contributed by atoms with E-state index in [-0.39, 0.29) is 43.5 Å². The number of benzene rings is 2. The van der Waals surface area contributed by atoms with Crippen molar-refractivity contribution in [2.24, 2.45) is 5.10 Å². The number of nitrogens with zero attached hydrogens (tertiary/aromatic N) is 2. The number of hydrogen-bond donors (Lipinski definition) is 1. The van der Waals surface area contributed by atoms with Crippen molar-refractivity contribution in [2.75, 3.05) is 13.2 Å². The number of hydrogen-bond acceptors (Lipinski definition) is 5. The lowest BCUT2D eigenvalue weighted by Gasteiger charge is -2.22. The van der Waals surface area contributed by atoms with E-state index < -0.39 is 5.97 Å². The Morgan fingerprint density at radius 2 is 1.77 bits per heavy atom. The van der Waals surface area contributed by atoms with Crippen LogP contribution in [0.4, 0.5) is 0 Å². The molecule has 0 saturated carbocycles. The Bertz CT molecular complexity index is 939. The van der Waals surface area contributed by atoms with Gasteiger partial charge in [0.1, 0.15) is 12.3 Å². The normalized spacial score (nSPS) is 13.5. The summed E-state index contributed by atoms with van der Waals surface area (Å²) in [7, 11) is 0. The third kappa shape index (κ3) is 7.06. The summed E-state index contributed by atoms with van der Waals surface area (Å²) in [6.07, 6.45) is 1.51. The van der Waals surface area contributed by atoms with Gasteiger partial charge in [-0.05, 0) is 24.5 Å². The molecule has 2 aromatic carbocycles. The Balaban J connectivity index is 1.39. The predicted molar refractivity (Wildman–Crippen MR) is 117 cm³/mol. The molecule has 0 aromatic heterocycles. The van der Waals surface area contributed by atoms with E-state index >= 15 is 0 Å². The smallest absolute Gasteiger partial charge is 0.354 e. The van der Waals surface area contributed by atoms with E-state index in [1.165, 1.54) is 10.6 Å². The van der Waals surface area contributed by atoms with Crippen molar-refractivity contribution in [3.05, 3.63) is 71.3 Å². The maximum absolute atomic E-state index is 12.3. The Labute approximate surface area is 182 Å². The van der Waals surface area contributed by atoms with Gasteiger partial charge in [-0.1, -0.05) is 60.2 Å². The third-order valence-corrected chi connectivity index (χ3v) is 4.93. The Hall–Kier alpha value is -3.48. The highest BCUT2D eigenvalue weighted by Gasteiger charge is 2.25. The van der Waals surface area contributed by atoms with Gasteiger partial charge in [0.15, 0.2) is 0 Å². The van der Waals surface area contributed by atoms with Crippen molar-refractivity contribution < 1.29 is 19.1 Å². The summed E-state index contributed by atoms with van der Waals surface area (Å²) in [4.78, 5) is 36.3. The zero-order valence-electron chi connectivity index (χ0n) is 17.7. The van der Waals surface area contributed by atoms with Crippen molar-refractivity contribution >= 4 is 23.5 Å². The number of aryl methyl sites for hydroxylation is 2. The van der Waals surface area contributed by atoms with Crippen molar-refractivity contribution in [3.63, 3.8) is 0 Å². The molecule has 1 aliphatic rings. The second-order valence-corrected chi connectivity index (χ2v) is 7.46. The van der Waals surface area contributed by atoms with Crippen LogP contribution in [0.2, 0.25) is 0 Å². The van der Waals surface area contributed by atoms with Crippen LogP contribution in [0.1, 0.15) is 36.0 Å². The number of rotatable bonds is 9. The first-order chi connectivity index (χ1) is 15.0. The van der Waals surface area contributed by atoms with E-state index in [1.54, 1.807) is 0 Å². The molecular formula is C24H27N3O4. The van der Waals surface area contributed by atoms with Gasteiger partial charge >= 0.3 is 5.97 Å². The lowest BCUT2D eigenvalue weighted by atomic mass is 10.1. The summed E-state index contributed by atoms with van der Waals surface area (Å²) in [6, 6.07) is 17.5. The molecule has 0 fully saturated rings. The maximum atomic E-state index is 12.3. The molecule has 1 aliphatic heterocycles. The van der Waals surface area contributed by atoms with E-state index in [0.717, 1.165) is 11.1 Å². The first-order valence-electron chi connectivity index (χ1n) is 10.4. The van der Waals surface area contributed by atoms with Gasteiger partial charge in [-0.15, -0.1) is 0 Å². The summed E-state index contributed by atoms with van der Waals surface area (Å²) < 4.78 is 5.22. The van der Waals surface area contributed by atoms with Gasteiger partial charge in [0.25, 0.3) is 0 Å². The Morgan fingerprint density at radius 3 is 2.52 bits per heavy atom. The molecule has 31 heavy (non-hydrogen) atoms. The zero-order valence-corrected chi connectivity index (χ0v) is 17.7. The summed E-state index contributed by atoms with van der Waals surface area (Å²) in [5.74, 6) is -0.771. The number of carbonyl (C=O) groups excluding carboxylic acids is 3. The second kappa shape index (κ2) is 11.1. The van der Waals surface area contributed by atoms with Crippen LogP contribution in [-0.4, -0.2) is 41.7 Å². The average Bonchev–Trinajstić information content (AvgIpc) is 2.78. The molecule has 2 aromatic rings. The van der Waals surface area contributed by atoms with Gasteiger partial charge < -0.3 is 10.1 Å². The van der Waals surface area contributed by atoms with Crippen LogP contribution < -0.4 is 5.32 Å². The minimum absolute atomic E-state index is 0.0563. The highest BCUT2D eigenvalue weighted by Crippen LogP contribution is 2.14. The van der Waals surface area contributed by atoms with Crippen LogP contribution in [0.15, 0.2) is 59.7 Å². The molecule has 1 N–H and O–H groups in total. The van der Waals surface area contributed by atoms with Crippen molar-refractivity contribution in [3.8, 4) is 0 Å². The van der Waals surface area contributed by atoms with Gasteiger partial charge in [0.05, 0.1) is 13.1 Å². The standard InChI is InChI=1S/C24H27N3O4/c1-18-7-9-19(10-8-18)11-13-22(28)25-15-16-31-24(30)21-12-14-23(29)27(26-21)17-20-5-3-2-4-6-20/h2-10H,11-17H2,1H3,(H,25,28). The van der Waals surface area contributed by atoms with Crippen LogP contribution in [0.3, 0.4) is 0 Å². The van der Waals surface area contributed by atoms with Gasteiger partial charge in [0.2, 0.25) is 11.8 Å². The van der Waals surface area contributed by atoms with Gasteiger partial charge in [-0.2, -0.15) is 5.10 Å². The number of hydrazone groups is 1. The Morgan fingerprint density at radius 1 is 1.03 bits per heavy atom. The molecule has 0 unspecified atom stereocenters. The number of amides is 2. The first kappa shape index (κ1) is 22.2. The molecule has 0 radical (unpaired) electrons. The zero-order chi connectivity index (χ0) is 22.1. The van der Waals surface area contributed by atoms with Crippen molar-refractivity contribution in [1.82, 2.24) is 10.3 Å². The van der Waals surface area contributed by atoms with E-state index in [4.69, 9.17) is 4.74 Å². The second-order valence-electron chi connectivity index (χ2n) is 7.46. The van der Waals surface area contributed by atoms with Crippen LogP contribution >= 0.6 is 0 Å². The van der Waals surface area contributed by atoms with Crippen molar-refractivity contribution in [2.45, 2.75) is 39.2 Å². The molecule has 2 amide bonds. The van der Waals surface area contributed by atoms with Crippen LogP contribution in [0.5, 0.6) is 0 Å². The number of carbonyl (C=O) groups is 3. The fourth-order valence-corrected chi connectivity index (χ4v) is 3.15. The molecule has 0 saturated heterocycles. The fraction of sp³-hybridized carbons (Fsp3) is 0.333. The lowest BCUT2D eigenvalue weighted by Crippen LogP contribution is -2.35. The summed E-state index contributed by atoms with van der Waals surface area (Å²) in [5.41, 5.74) is 3.45. The first-order valence-corrected chi connectivity index (χ1v) is 10.4. The Kier molecular flexibility index (Phi) is 7.92. The minimum Gasteiger partial charge on any atom is -0.459 e. The summed E-state index contributed by atoms with van der Waals surface area (Å²) in [6.45, 7) is 2.63. The van der Waals surface area contributed by atoms with Gasteiger partial charge in [0, 0.05) is 19.3 Å². The van der Waals surface area contributed by atoms with Crippen molar-refractivity contribution in [1.29, 1.82) is 0 Å². The quantitative estimate of drug-likeness (QED) is 0.498. The van der Waals surface area contributed by atoms with Crippen LogP contribution in [0.25, 0.3) is 0 Å². The monoisotopic (exact) mass is 421 g/mol. The molecular weight excluding hydrogens is 394 g/mol. The highest BCUT2D eigenvalue weighted by atomic mass is 16.5. The largest absolute Gasteiger partial charge is 0.459 e. The predicted octanol–water partition coefficient (Wildman–Crippen LogP) is 2.77. The lowest BCUT2D eigenvalue weighted by molar-refractivity contribution is -0.137. The summed E-state index contributed by atoms with van der Waals surface area (Å²) >= 11 is 0. The molecule has 0 aliphatic carbocycles. The fourth-order valence-electron chi connectivity index (χ4n) is 3.15. The molecule has 0 spiro atoms. The van der Waals surface area contributed by atoms with E-state index in [1.807, 2.05) is 61.5 Å². The number of ether oxygens (including phenoxy) is 1. The highest BCUT2D eigenvalue weighted by molar-refractivity contribution is 6.37. The molecule has 7 nitrogen and oxygen atoms in total. The third-order valence-electron chi connectivity index (χ3n) is 4.93. The van der Waals surface area contributed by atoms with E-state index in [0.29, 0.717) is 19.4 Å². The van der Waals surface area contributed by atoms with Gasteiger partial charge in [-0.25, -0.2) is 9.80 Å². The summed E-state index contributed by atoms with van der Waals surface area (Å²) in [5, 5.41) is 8.24. The number of nitrogens with one attached hydrogen (secondary N) is 1. The van der Waals surface area contributed by atoms with Crippen LogP contribution in [-0.2, 0) is 32.1 Å². The van der Waals surface area contributed by atoms with Gasteiger partial charge in [-0.3, -0.25) is 9.59 Å². The average molecular weight is 421 g/mol. The molecule has 0 bridgehead atoms. The minimum atomic E-state index is -0.556. The molecule has 0 atom stereocenters. The maximum Gasteiger partial charge on any atom is 0.354 e. The van der Waals surface area contributed by atoms with E-state index in [9.17, 15) is 14.4 Å². The number of esters is 1. The molecule has 3 rings (SSSR count). The topological polar surface area (TPSA) is 88.1 Å². The SMILES string of the molecule is Cc1ccc(CCC(=O)NCCOC(=O)C2=NN(Cc3ccccc3)C(=O)CC2)cc1. The van der Waals surface area contributed by atoms with Crippen LogP contribution in [0, 0.1) is 6.92 Å². The molecule has 1 heterocycles. The molecule has 7 heteroatoms.